The van der Waals surface area contributed by atoms with E-state index in [-0.39, 0.29) is 11.8 Å². The van der Waals surface area contributed by atoms with Gasteiger partial charge < -0.3 is 4.74 Å². The van der Waals surface area contributed by atoms with Crippen molar-refractivity contribution in [3.8, 4) is 5.75 Å². The van der Waals surface area contributed by atoms with Crippen LogP contribution in [0.4, 0.5) is 0 Å². The molecule has 2 amide bonds. The zero-order chi connectivity index (χ0) is 17.5. The van der Waals surface area contributed by atoms with Gasteiger partial charge in [0, 0.05) is 6.54 Å². The van der Waals surface area contributed by atoms with E-state index in [1.807, 2.05) is 38.1 Å². The number of carbonyl (C=O) groups excluding carboxylic acids is 2. The van der Waals surface area contributed by atoms with Crippen molar-refractivity contribution in [3.05, 3.63) is 34.7 Å². The van der Waals surface area contributed by atoms with Crippen molar-refractivity contribution in [3.63, 3.8) is 0 Å². The molecular weight excluding hydrogens is 322 g/mol. The van der Waals surface area contributed by atoms with E-state index in [1.165, 1.54) is 16.7 Å². The number of nitrogens with zero attached hydrogens (tertiary/aromatic N) is 1. The van der Waals surface area contributed by atoms with Gasteiger partial charge in [-0.05, 0) is 36.8 Å². The van der Waals surface area contributed by atoms with Crippen LogP contribution < -0.4 is 4.74 Å². The summed E-state index contributed by atoms with van der Waals surface area (Å²) in [5, 5.41) is 0. The van der Waals surface area contributed by atoms with Crippen molar-refractivity contribution in [2.24, 2.45) is 0 Å². The summed E-state index contributed by atoms with van der Waals surface area (Å²) < 4.78 is 5.45. The molecule has 130 valence electrons. The van der Waals surface area contributed by atoms with Crippen LogP contribution in [0.2, 0.25) is 0 Å². The van der Waals surface area contributed by atoms with Crippen LogP contribution in [0.25, 0.3) is 5.57 Å². The Morgan fingerprint density at radius 3 is 2.29 bits per heavy atom. The van der Waals surface area contributed by atoms with E-state index < -0.39 is 0 Å². The topological polar surface area (TPSA) is 46.6 Å². The average molecular weight is 347 g/mol. The predicted octanol–water partition coefficient (Wildman–Crippen LogP) is 4.11. The van der Waals surface area contributed by atoms with Crippen LogP contribution in [0.5, 0.6) is 5.75 Å². The Bertz CT molecular complexity index is 622. The molecule has 1 heterocycles. The predicted molar refractivity (Wildman–Crippen MR) is 98.9 cm³/mol. The second-order valence-electron chi connectivity index (χ2n) is 5.56. The highest BCUT2D eigenvalue weighted by molar-refractivity contribution is 8.04. The fourth-order valence-corrected chi connectivity index (χ4v) is 3.57. The molecule has 0 bridgehead atoms. The highest BCUT2D eigenvalue weighted by Crippen LogP contribution is 2.36. The van der Waals surface area contributed by atoms with Gasteiger partial charge in [0.25, 0.3) is 11.8 Å². The molecule has 24 heavy (non-hydrogen) atoms. The first-order valence-corrected chi connectivity index (χ1v) is 9.59. The largest absolute Gasteiger partial charge is 0.494 e. The first-order chi connectivity index (χ1) is 11.6. The smallest absolute Gasteiger partial charge is 0.267 e. The Labute approximate surface area is 148 Å². The van der Waals surface area contributed by atoms with E-state index in [0.717, 1.165) is 36.3 Å². The molecule has 0 spiro atoms. The number of carbonyl (C=O) groups is 2. The summed E-state index contributed by atoms with van der Waals surface area (Å²) in [6.45, 7) is 7.13. The van der Waals surface area contributed by atoms with Crippen molar-refractivity contribution in [2.75, 3.05) is 18.9 Å². The van der Waals surface area contributed by atoms with Crippen LogP contribution in [-0.4, -0.2) is 35.6 Å². The molecule has 0 N–H and O–H groups in total. The SMILES string of the molecule is CCCCCN1C(=O)C(SCC)=C(c2ccc(OCC)cc2)C1=O. The highest BCUT2D eigenvalue weighted by atomic mass is 32.2. The molecule has 0 aromatic heterocycles. The molecule has 0 saturated carbocycles. The lowest BCUT2D eigenvalue weighted by Gasteiger charge is -2.14. The second kappa shape index (κ2) is 8.92. The molecule has 0 fully saturated rings. The fourth-order valence-electron chi connectivity index (χ4n) is 2.69. The van der Waals surface area contributed by atoms with Gasteiger partial charge in [-0.25, -0.2) is 0 Å². The van der Waals surface area contributed by atoms with E-state index in [1.54, 1.807) is 0 Å². The molecular formula is C19H25NO3S. The molecule has 0 unspecified atom stereocenters. The number of benzene rings is 1. The minimum absolute atomic E-state index is 0.146. The number of imide groups is 1. The standard InChI is InChI=1S/C19H25NO3S/c1-4-7-8-13-20-18(21)16(17(19(20)22)24-6-3)14-9-11-15(12-10-14)23-5-2/h9-12H,4-8,13H2,1-3H3. The molecule has 0 aliphatic carbocycles. The van der Waals surface area contributed by atoms with Gasteiger partial charge in [0.1, 0.15) is 5.75 Å². The molecule has 4 nitrogen and oxygen atoms in total. The quantitative estimate of drug-likeness (QED) is 0.498. The Morgan fingerprint density at radius 1 is 1.00 bits per heavy atom. The van der Waals surface area contributed by atoms with Crippen LogP contribution >= 0.6 is 11.8 Å². The number of rotatable bonds is 9. The van der Waals surface area contributed by atoms with Crippen LogP contribution in [-0.2, 0) is 9.59 Å². The maximum Gasteiger partial charge on any atom is 0.267 e. The maximum atomic E-state index is 12.8. The number of unbranched alkanes of at least 4 members (excludes halogenated alkanes) is 2. The van der Waals surface area contributed by atoms with Gasteiger partial charge >= 0.3 is 0 Å². The van der Waals surface area contributed by atoms with Crippen molar-refractivity contribution in [1.82, 2.24) is 4.90 Å². The molecule has 5 heteroatoms. The number of hydrogen-bond acceptors (Lipinski definition) is 4. The summed E-state index contributed by atoms with van der Waals surface area (Å²) in [7, 11) is 0. The summed E-state index contributed by atoms with van der Waals surface area (Å²) in [6, 6.07) is 7.41. The van der Waals surface area contributed by atoms with Crippen LogP contribution in [0, 0.1) is 0 Å². The van der Waals surface area contributed by atoms with Crippen molar-refractivity contribution in [1.29, 1.82) is 0 Å². The van der Waals surface area contributed by atoms with Gasteiger partial charge in [-0.1, -0.05) is 38.8 Å². The molecule has 0 radical (unpaired) electrons. The van der Waals surface area contributed by atoms with Gasteiger partial charge in [0.05, 0.1) is 17.1 Å². The first-order valence-electron chi connectivity index (χ1n) is 8.60. The van der Waals surface area contributed by atoms with Gasteiger partial charge in [0.2, 0.25) is 0 Å². The van der Waals surface area contributed by atoms with Gasteiger partial charge in [0.15, 0.2) is 0 Å². The zero-order valence-electron chi connectivity index (χ0n) is 14.6. The number of thioether (sulfide) groups is 1. The third-order valence-corrected chi connectivity index (χ3v) is 4.81. The Hall–Kier alpha value is -1.75. The summed E-state index contributed by atoms with van der Waals surface area (Å²) in [4.78, 5) is 27.4. The monoisotopic (exact) mass is 347 g/mol. The van der Waals surface area contributed by atoms with E-state index in [4.69, 9.17) is 4.74 Å². The minimum Gasteiger partial charge on any atom is -0.494 e. The zero-order valence-corrected chi connectivity index (χ0v) is 15.4. The lowest BCUT2D eigenvalue weighted by molar-refractivity contribution is -0.136. The summed E-state index contributed by atoms with van der Waals surface area (Å²) in [5.74, 6) is 1.21. The minimum atomic E-state index is -0.170. The van der Waals surface area contributed by atoms with Crippen LogP contribution in [0.3, 0.4) is 0 Å². The third kappa shape index (κ3) is 4.01. The fraction of sp³-hybridized carbons (Fsp3) is 0.474. The molecule has 2 rings (SSSR count). The Morgan fingerprint density at radius 2 is 1.71 bits per heavy atom. The Balaban J connectivity index is 2.29. The number of amides is 2. The van der Waals surface area contributed by atoms with Crippen molar-refractivity contribution in [2.45, 2.75) is 40.0 Å². The van der Waals surface area contributed by atoms with E-state index in [9.17, 15) is 9.59 Å². The summed E-state index contributed by atoms with van der Waals surface area (Å²) in [5.41, 5.74) is 1.32. The van der Waals surface area contributed by atoms with Crippen molar-refractivity contribution < 1.29 is 14.3 Å². The molecule has 1 aliphatic rings. The van der Waals surface area contributed by atoms with Gasteiger partial charge in [-0.2, -0.15) is 0 Å². The molecule has 0 saturated heterocycles. The summed E-state index contributed by atoms with van der Waals surface area (Å²) in [6.07, 6.45) is 2.94. The lowest BCUT2D eigenvalue weighted by Crippen LogP contribution is -2.32. The van der Waals surface area contributed by atoms with E-state index >= 15 is 0 Å². The summed E-state index contributed by atoms with van der Waals surface area (Å²) >= 11 is 1.45. The lowest BCUT2D eigenvalue weighted by atomic mass is 10.1. The van der Waals surface area contributed by atoms with Crippen molar-refractivity contribution >= 4 is 29.1 Å². The number of ether oxygens (including phenoxy) is 1. The molecule has 1 aliphatic heterocycles. The second-order valence-corrected chi connectivity index (χ2v) is 6.84. The number of hydrogen-bond donors (Lipinski definition) is 0. The Kier molecular flexibility index (Phi) is 6.91. The van der Waals surface area contributed by atoms with Crippen LogP contribution in [0.15, 0.2) is 29.2 Å². The maximum absolute atomic E-state index is 12.8. The molecule has 1 aromatic rings. The van der Waals surface area contributed by atoms with Gasteiger partial charge in [-0.3, -0.25) is 14.5 Å². The van der Waals surface area contributed by atoms with Gasteiger partial charge in [-0.15, -0.1) is 11.8 Å². The normalized spacial score (nSPS) is 14.7. The average Bonchev–Trinajstić information content (AvgIpc) is 2.81. The highest BCUT2D eigenvalue weighted by Gasteiger charge is 2.38. The molecule has 1 aromatic carbocycles. The third-order valence-electron chi connectivity index (χ3n) is 3.85. The molecule has 0 atom stereocenters. The van der Waals surface area contributed by atoms with E-state index in [0.29, 0.717) is 23.6 Å². The van der Waals surface area contributed by atoms with Crippen LogP contribution in [0.1, 0.15) is 45.6 Å². The first kappa shape index (κ1) is 18.6. The van der Waals surface area contributed by atoms with E-state index in [2.05, 4.69) is 6.92 Å².